The molecule has 17 heavy (non-hydrogen) atoms. The van der Waals surface area contributed by atoms with Gasteiger partial charge in [0.2, 0.25) is 0 Å². The lowest BCUT2D eigenvalue weighted by molar-refractivity contribution is 0.201. The first kappa shape index (κ1) is 13.3. The number of hydrogen-bond acceptors (Lipinski definition) is 3. The molecule has 2 aliphatic rings. The first-order valence-electron chi connectivity index (χ1n) is 7.42. The fraction of sp³-hybridized carbons (Fsp3) is 1.00. The topological polar surface area (TPSA) is 32.5 Å². The van der Waals surface area contributed by atoms with Gasteiger partial charge >= 0.3 is 0 Å². The van der Waals surface area contributed by atoms with Gasteiger partial charge in [0.25, 0.3) is 0 Å². The number of nitrogens with zero attached hydrogens (tertiary/aromatic N) is 2. The predicted molar refractivity (Wildman–Crippen MR) is 73.2 cm³/mol. The molecule has 2 saturated heterocycles. The Labute approximate surface area is 106 Å². The highest BCUT2D eigenvalue weighted by Crippen LogP contribution is 2.23. The largest absolute Gasteiger partial charge is 0.324 e. The van der Waals surface area contributed by atoms with Gasteiger partial charge in [-0.1, -0.05) is 13.8 Å². The van der Waals surface area contributed by atoms with E-state index in [9.17, 15) is 0 Å². The summed E-state index contributed by atoms with van der Waals surface area (Å²) >= 11 is 0. The summed E-state index contributed by atoms with van der Waals surface area (Å²) in [6.45, 7) is 10.7. The molecule has 0 spiro atoms. The number of rotatable bonds is 5. The number of nitrogens with two attached hydrogens (primary N) is 1. The smallest absolute Gasteiger partial charge is 0.0278 e. The molecule has 0 radical (unpaired) electrons. The summed E-state index contributed by atoms with van der Waals surface area (Å²) in [6, 6.07) is 0.815. The van der Waals surface area contributed by atoms with Crippen LogP contribution in [0.25, 0.3) is 0 Å². The minimum absolute atomic E-state index is 0.0416. The molecule has 0 aromatic rings. The molecule has 1 unspecified atom stereocenters. The summed E-state index contributed by atoms with van der Waals surface area (Å²) in [6.07, 6.45) is 6.34. The van der Waals surface area contributed by atoms with Crippen LogP contribution in [0, 0.1) is 0 Å². The van der Waals surface area contributed by atoms with Crippen molar-refractivity contribution in [2.45, 2.75) is 57.5 Å². The van der Waals surface area contributed by atoms with E-state index in [2.05, 4.69) is 23.6 Å². The fourth-order valence-corrected chi connectivity index (χ4v) is 3.28. The van der Waals surface area contributed by atoms with Crippen LogP contribution in [-0.2, 0) is 0 Å². The van der Waals surface area contributed by atoms with Crippen LogP contribution in [-0.4, -0.2) is 54.1 Å². The average Bonchev–Trinajstić information content (AvgIpc) is 2.98. The van der Waals surface area contributed by atoms with Gasteiger partial charge in [-0.25, -0.2) is 0 Å². The standard InChI is InChI=1S/C14H29N3/c1-3-14(15,4-2)12-16-10-7-13(11-16)17-8-5-6-9-17/h13H,3-12,15H2,1-2H3. The lowest BCUT2D eigenvalue weighted by Crippen LogP contribution is -2.49. The summed E-state index contributed by atoms with van der Waals surface area (Å²) in [7, 11) is 0. The molecule has 2 N–H and O–H groups in total. The highest BCUT2D eigenvalue weighted by molar-refractivity contribution is 4.91. The van der Waals surface area contributed by atoms with E-state index >= 15 is 0 Å². The molecule has 2 aliphatic heterocycles. The van der Waals surface area contributed by atoms with Crippen LogP contribution in [0.3, 0.4) is 0 Å². The molecule has 2 heterocycles. The normalized spacial score (nSPS) is 28.1. The Morgan fingerprint density at radius 2 is 1.76 bits per heavy atom. The maximum Gasteiger partial charge on any atom is 0.0278 e. The van der Waals surface area contributed by atoms with Crippen LogP contribution >= 0.6 is 0 Å². The van der Waals surface area contributed by atoms with E-state index in [0.29, 0.717) is 0 Å². The molecule has 1 atom stereocenters. The van der Waals surface area contributed by atoms with Crippen LogP contribution in [0.4, 0.5) is 0 Å². The number of likely N-dealkylation sites (tertiary alicyclic amines) is 2. The van der Waals surface area contributed by atoms with E-state index in [1.54, 1.807) is 0 Å². The molecular formula is C14H29N3. The summed E-state index contributed by atoms with van der Waals surface area (Å²) in [5, 5.41) is 0. The van der Waals surface area contributed by atoms with E-state index in [1.807, 2.05) is 0 Å². The van der Waals surface area contributed by atoms with Gasteiger partial charge in [0.05, 0.1) is 0 Å². The van der Waals surface area contributed by atoms with Crippen molar-refractivity contribution in [3.8, 4) is 0 Å². The minimum atomic E-state index is 0.0416. The zero-order valence-corrected chi connectivity index (χ0v) is 11.6. The Morgan fingerprint density at radius 3 is 2.35 bits per heavy atom. The van der Waals surface area contributed by atoms with Gasteiger partial charge < -0.3 is 5.73 Å². The van der Waals surface area contributed by atoms with Gasteiger partial charge in [-0.05, 0) is 51.7 Å². The molecule has 100 valence electrons. The van der Waals surface area contributed by atoms with Gasteiger partial charge in [-0.2, -0.15) is 0 Å². The Morgan fingerprint density at radius 1 is 1.12 bits per heavy atom. The van der Waals surface area contributed by atoms with Crippen molar-refractivity contribution in [3.05, 3.63) is 0 Å². The van der Waals surface area contributed by atoms with Crippen molar-refractivity contribution in [2.75, 3.05) is 32.7 Å². The summed E-state index contributed by atoms with van der Waals surface area (Å²) in [5.41, 5.74) is 6.46. The van der Waals surface area contributed by atoms with Gasteiger partial charge in [0.15, 0.2) is 0 Å². The molecule has 0 saturated carbocycles. The van der Waals surface area contributed by atoms with Crippen molar-refractivity contribution < 1.29 is 0 Å². The van der Waals surface area contributed by atoms with E-state index < -0.39 is 0 Å². The zero-order chi connectivity index (χ0) is 12.3. The molecule has 0 aliphatic carbocycles. The van der Waals surface area contributed by atoms with Crippen molar-refractivity contribution in [1.29, 1.82) is 0 Å². The molecule has 3 heteroatoms. The third-order valence-electron chi connectivity index (χ3n) is 4.85. The van der Waals surface area contributed by atoms with Gasteiger partial charge in [0.1, 0.15) is 0 Å². The van der Waals surface area contributed by atoms with E-state index in [4.69, 9.17) is 5.73 Å². The second kappa shape index (κ2) is 5.68. The van der Waals surface area contributed by atoms with Crippen LogP contribution in [0.15, 0.2) is 0 Å². The Bertz CT molecular complexity index is 232. The van der Waals surface area contributed by atoms with Crippen LogP contribution in [0.2, 0.25) is 0 Å². The molecule has 0 aromatic heterocycles. The predicted octanol–water partition coefficient (Wildman–Crippen LogP) is 1.67. The molecule has 3 nitrogen and oxygen atoms in total. The second-order valence-electron chi connectivity index (χ2n) is 5.99. The lowest BCUT2D eigenvalue weighted by Gasteiger charge is -2.32. The zero-order valence-electron chi connectivity index (χ0n) is 11.6. The van der Waals surface area contributed by atoms with Crippen molar-refractivity contribution in [2.24, 2.45) is 5.73 Å². The van der Waals surface area contributed by atoms with Gasteiger partial charge in [0, 0.05) is 24.7 Å². The SMILES string of the molecule is CCC(N)(CC)CN1CCC(N2CCCC2)C1. The Hall–Kier alpha value is -0.120. The lowest BCUT2D eigenvalue weighted by atomic mass is 9.94. The van der Waals surface area contributed by atoms with Gasteiger partial charge in [-0.3, -0.25) is 9.80 Å². The quantitative estimate of drug-likeness (QED) is 0.792. The molecule has 2 rings (SSSR count). The highest BCUT2D eigenvalue weighted by Gasteiger charge is 2.32. The maximum absolute atomic E-state index is 6.42. The van der Waals surface area contributed by atoms with Crippen molar-refractivity contribution >= 4 is 0 Å². The fourth-order valence-electron chi connectivity index (χ4n) is 3.28. The van der Waals surface area contributed by atoms with E-state index in [0.717, 1.165) is 25.4 Å². The summed E-state index contributed by atoms with van der Waals surface area (Å²) in [4.78, 5) is 5.28. The van der Waals surface area contributed by atoms with Crippen LogP contribution in [0.1, 0.15) is 46.0 Å². The average molecular weight is 239 g/mol. The van der Waals surface area contributed by atoms with E-state index in [1.165, 1.54) is 45.4 Å². The third-order valence-corrected chi connectivity index (χ3v) is 4.85. The molecule has 0 amide bonds. The van der Waals surface area contributed by atoms with Crippen molar-refractivity contribution in [1.82, 2.24) is 9.80 Å². The first-order valence-corrected chi connectivity index (χ1v) is 7.42. The summed E-state index contributed by atoms with van der Waals surface area (Å²) in [5.74, 6) is 0. The molecule has 0 aromatic carbocycles. The van der Waals surface area contributed by atoms with Gasteiger partial charge in [-0.15, -0.1) is 0 Å². The first-order chi connectivity index (χ1) is 8.17. The van der Waals surface area contributed by atoms with Crippen LogP contribution in [0.5, 0.6) is 0 Å². The van der Waals surface area contributed by atoms with E-state index in [-0.39, 0.29) is 5.54 Å². The molecular weight excluding hydrogens is 210 g/mol. The monoisotopic (exact) mass is 239 g/mol. The van der Waals surface area contributed by atoms with Crippen LogP contribution < -0.4 is 5.73 Å². The Balaban J connectivity index is 1.81. The number of hydrogen-bond donors (Lipinski definition) is 1. The summed E-state index contributed by atoms with van der Waals surface area (Å²) < 4.78 is 0. The highest BCUT2D eigenvalue weighted by atomic mass is 15.3. The maximum atomic E-state index is 6.42. The third kappa shape index (κ3) is 3.21. The Kier molecular flexibility index (Phi) is 4.45. The molecule has 2 fully saturated rings. The van der Waals surface area contributed by atoms with Crippen molar-refractivity contribution in [3.63, 3.8) is 0 Å². The molecule has 0 bridgehead atoms. The minimum Gasteiger partial charge on any atom is -0.324 e. The second-order valence-corrected chi connectivity index (χ2v) is 5.99.